The first-order chi connectivity index (χ1) is 13.4. The molecule has 0 saturated carbocycles. The number of phenols is 1. The van der Waals surface area contributed by atoms with E-state index in [1.807, 2.05) is 26.0 Å². The van der Waals surface area contributed by atoms with Crippen molar-refractivity contribution >= 4 is 35.1 Å². The van der Waals surface area contributed by atoms with Crippen LogP contribution in [0.3, 0.4) is 0 Å². The fourth-order valence-corrected chi connectivity index (χ4v) is 3.70. The Balaban J connectivity index is 1.66. The highest BCUT2D eigenvalue weighted by Gasteiger charge is 2.21. The van der Waals surface area contributed by atoms with E-state index in [-0.39, 0.29) is 16.9 Å². The number of hydrogen-bond donors (Lipinski definition) is 3. The van der Waals surface area contributed by atoms with Crippen molar-refractivity contribution in [2.75, 3.05) is 5.32 Å². The van der Waals surface area contributed by atoms with Crippen LogP contribution in [0.5, 0.6) is 5.75 Å². The molecule has 0 aliphatic heterocycles. The number of aryl methyl sites for hydroxylation is 1. The van der Waals surface area contributed by atoms with Gasteiger partial charge in [0.2, 0.25) is 5.91 Å². The van der Waals surface area contributed by atoms with Gasteiger partial charge in [-0.05, 0) is 43.2 Å². The van der Waals surface area contributed by atoms with Gasteiger partial charge in [-0.1, -0.05) is 42.4 Å². The molecule has 0 aliphatic rings. The number of nitrogens with one attached hydrogen (secondary N) is 2. The summed E-state index contributed by atoms with van der Waals surface area (Å²) in [6.07, 6.45) is 2.80. The Bertz CT molecular complexity index is 942. The summed E-state index contributed by atoms with van der Waals surface area (Å²) < 4.78 is 0. The van der Waals surface area contributed by atoms with Crippen molar-refractivity contribution in [3.05, 3.63) is 64.6 Å². The Kier molecular flexibility index (Phi) is 6.59. The van der Waals surface area contributed by atoms with E-state index in [1.165, 1.54) is 18.0 Å². The number of benzene rings is 1. The van der Waals surface area contributed by atoms with E-state index in [9.17, 15) is 9.90 Å². The molecule has 1 aromatic carbocycles. The second-order valence-electron chi connectivity index (χ2n) is 6.32. The molecule has 0 spiro atoms. The molecule has 0 saturated heterocycles. The smallest absolute Gasteiger partial charge is 0.239 e. The van der Waals surface area contributed by atoms with Gasteiger partial charge in [-0.3, -0.25) is 4.79 Å². The minimum absolute atomic E-state index is 0.128. The number of imidazole rings is 1. The molecule has 8 heteroatoms. The first kappa shape index (κ1) is 20.2. The fraction of sp³-hybridized carbons (Fsp3) is 0.250. The number of pyridine rings is 1. The van der Waals surface area contributed by atoms with Gasteiger partial charge in [0.05, 0.1) is 16.0 Å². The third-order valence-corrected chi connectivity index (χ3v) is 5.64. The molecule has 0 radical (unpaired) electrons. The van der Waals surface area contributed by atoms with Crippen molar-refractivity contribution in [3.8, 4) is 5.75 Å². The Labute approximate surface area is 172 Å². The lowest BCUT2D eigenvalue weighted by Gasteiger charge is -2.12. The summed E-state index contributed by atoms with van der Waals surface area (Å²) in [7, 11) is 0. The van der Waals surface area contributed by atoms with Gasteiger partial charge in [-0.2, -0.15) is 0 Å². The molecule has 0 aliphatic carbocycles. The zero-order valence-electron chi connectivity index (χ0n) is 15.6. The third kappa shape index (κ3) is 5.27. The molecule has 0 unspecified atom stereocenters. The van der Waals surface area contributed by atoms with Crippen LogP contribution in [0.4, 0.5) is 5.82 Å². The molecule has 1 atom stereocenters. The van der Waals surface area contributed by atoms with Crippen LogP contribution in [0.2, 0.25) is 5.02 Å². The molecule has 2 heterocycles. The maximum atomic E-state index is 12.6. The van der Waals surface area contributed by atoms with Gasteiger partial charge in [0, 0.05) is 18.3 Å². The lowest BCUT2D eigenvalue weighted by Crippen LogP contribution is -2.25. The summed E-state index contributed by atoms with van der Waals surface area (Å²) in [6, 6.07) is 10.4. The summed E-state index contributed by atoms with van der Waals surface area (Å²) in [4.78, 5) is 24.6. The summed E-state index contributed by atoms with van der Waals surface area (Å²) in [5, 5.41) is 13.1. The van der Waals surface area contributed by atoms with Crippen LogP contribution in [0.25, 0.3) is 0 Å². The maximum absolute atomic E-state index is 12.6. The predicted octanol–water partition coefficient (Wildman–Crippen LogP) is 4.57. The van der Waals surface area contributed by atoms with E-state index in [0.717, 1.165) is 17.0 Å². The molecule has 0 fully saturated rings. The minimum atomic E-state index is -0.301. The number of aromatic hydroxyl groups is 1. The zero-order valence-corrected chi connectivity index (χ0v) is 17.1. The number of aromatic nitrogens is 3. The molecule has 146 valence electrons. The van der Waals surface area contributed by atoms with Gasteiger partial charge >= 0.3 is 0 Å². The van der Waals surface area contributed by atoms with E-state index in [4.69, 9.17) is 11.6 Å². The number of carbonyl (C=O) groups excluding carboxylic acids is 1. The van der Waals surface area contributed by atoms with Crippen LogP contribution in [0.15, 0.2) is 47.8 Å². The number of phenolic OH excluding ortho intramolecular Hbond substituents is 1. The number of hydrogen-bond acceptors (Lipinski definition) is 5. The molecule has 3 aromatic rings. The Hall–Kier alpha value is -2.51. The molecule has 3 rings (SSSR count). The van der Waals surface area contributed by atoms with Crippen molar-refractivity contribution in [1.29, 1.82) is 0 Å². The van der Waals surface area contributed by atoms with Crippen molar-refractivity contribution < 1.29 is 9.90 Å². The van der Waals surface area contributed by atoms with Crippen LogP contribution in [0, 0.1) is 6.92 Å². The molecule has 28 heavy (non-hydrogen) atoms. The van der Waals surface area contributed by atoms with E-state index in [0.29, 0.717) is 28.8 Å². The first-order valence-electron chi connectivity index (χ1n) is 8.87. The van der Waals surface area contributed by atoms with Gasteiger partial charge in [0.1, 0.15) is 11.6 Å². The number of thioether (sulfide) groups is 1. The van der Waals surface area contributed by atoms with Gasteiger partial charge in [0.25, 0.3) is 0 Å². The molecule has 1 amide bonds. The number of aromatic amines is 1. The monoisotopic (exact) mass is 416 g/mol. The average molecular weight is 417 g/mol. The average Bonchev–Trinajstić information content (AvgIpc) is 3.02. The summed E-state index contributed by atoms with van der Waals surface area (Å²) in [5.41, 5.74) is 2.94. The van der Waals surface area contributed by atoms with E-state index >= 15 is 0 Å². The highest BCUT2D eigenvalue weighted by molar-refractivity contribution is 8.00. The van der Waals surface area contributed by atoms with Crippen molar-refractivity contribution in [3.63, 3.8) is 0 Å². The lowest BCUT2D eigenvalue weighted by molar-refractivity contribution is -0.115. The van der Waals surface area contributed by atoms with Crippen LogP contribution >= 0.6 is 23.4 Å². The number of anilines is 1. The Morgan fingerprint density at radius 3 is 2.68 bits per heavy atom. The molecule has 2 aromatic heterocycles. The van der Waals surface area contributed by atoms with Crippen LogP contribution in [-0.4, -0.2) is 31.2 Å². The Morgan fingerprint density at radius 2 is 2.04 bits per heavy atom. The summed E-state index contributed by atoms with van der Waals surface area (Å²) in [6.45, 7) is 3.92. The van der Waals surface area contributed by atoms with Gasteiger partial charge in [-0.25, -0.2) is 9.97 Å². The molecule has 3 N–H and O–H groups in total. The van der Waals surface area contributed by atoms with E-state index in [2.05, 4.69) is 20.3 Å². The topological polar surface area (TPSA) is 90.9 Å². The van der Waals surface area contributed by atoms with Crippen molar-refractivity contribution in [2.45, 2.75) is 37.1 Å². The van der Waals surface area contributed by atoms with Crippen molar-refractivity contribution in [2.24, 2.45) is 0 Å². The number of carbonyl (C=O) groups is 1. The molecule has 6 nitrogen and oxygen atoms in total. The molecule has 0 bridgehead atoms. The lowest BCUT2D eigenvalue weighted by atomic mass is 10.1. The molecular formula is C20H21ClN4O2S. The van der Waals surface area contributed by atoms with E-state index in [1.54, 1.807) is 24.3 Å². The third-order valence-electron chi connectivity index (χ3n) is 4.17. The highest BCUT2D eigenvalue weighted by atomic mass is 35.5. The Morgan fingerprint density at radius 1 is 1.29 bits per heavy atom. The number of H-pyrrole nitrogens is 1. The molecular weight excluding hydrogens is 396 g/mol. The minimum Gasteiger partial charge on any atom is -0.508 e. The summed E-state index contributed by atoms with van der Waals surface area (Å²) in [5.74, 6) is 0.583. The number of rotatable bonds is 7. The second-order valence-corrected chi connectivity index (χ2v) is 7.95. The standard InChI is InChI=1S/C20H21ClN4O2S/c1-3-17(19(27)25-18-9-6-14(21)11-22-18)28-20-23-12(2)16(24-20)10-13-4-7-15(26)8-5-13/h4-9,11,17,26H,3,10H2,1-2H3,(H,23,24)(H,22,25,27)/t17-/m1/s1. The number of nitrogens with zero attached hydrogens (tertiary/aromatic N) is 2. The largest absolute Gasteiger partial charge is 0.508 e. The number of amides is 1. The summed E-state index contributed by atoms with van der Waals surface area (Å²) >= 11 is 7.22. The number of halogens is 1. The predicted molar refractivity (Wildman–Crippen MR) is 112 cm³/mol. The SMILES string of the molecule is CC[C@@H](Sc1nc(Cc2ccc(O)cc2)c(C)[nH]1)C(=O)Nc1ccc(Cl)cn1. The van der Waals surface area contributed by atoms with Crippen LogP contribution < -0.4 is 5.32 Å². The zero-order chi connectivity index (χ0) is 20.1. The van der Waals surface area contributed by atoms with E-state index < -0.39 is 0 Å². The van der Waals surface area contributed by atoms with Gasteiger partial charge in [-0.15, -0.1) is 0 Å². The van der Waals surface area contributed by atoms with Crippen molar-refractivity contribution in [1.82, 2.24) is 15.0 Å². The normalized spacial score (nSPS) is 12.0. The quantitative estimate of drug-likeness (QED) is 0.490. The fourth-order valence-electron chi connectivity index (χ4n) is 2.62. The van der Waals surface area contributed by atoms with Gasteiger partial charge < -0.3 is 15.4 Å². The van der Waals surface area contributed by atoms with Crippen LogP contribution in [0.1, 0.15) is 30.3 Å². The highest BCUT2D eigenvalue weighted by Crippen LogP contribution is 2.26. The van der Waals surface area contributed by atoms with Crippen LogP contribution in [-0.2, 0) is 11.2 Å². The first-order valence-corrected chi connectivity index (χ1v) is 10.1. The second kappa shape index (κ2) is 9.12. The maximum Gasteiger partial charge on any atom is 0.239 e. The van der Waals surface area contributed by atoms with Gasteiger partial charge in [0.15, 0.2) is 5.16 Å².